The zero-order valence-electron chi connectivity index (χ0n) is 11.0. The summed E-state index contributed by atoms with van der Waals surface area (Å²) in [4.78, 5) is 2.50. The lowest BCUT2D eigenvalue weighted by molar-refractivity contribution is 0.290. The van der Waals surface area contributed by atoms with Crippen molar-refractivity contribution in [2.24, 2.45) is 11.8 Å². The van der Waals surface area contributed by atoms with Crippen LogP contribution in [-0.4, -0.2) is 51.3 Å². The summed E-state index contributed by atoms with van der Waals surface area (Å²) in [6.45, 7) is 8.80. The van der Waals surface area contributed by atoms with E-state index in [1.807, 2.05) is 4.68 Å². The van der Waals surface area contributed by atoms with E-state index in [4.69, 9.17) is 0 Å². The number of aryl methyl sites for hydroxylation is 1. The third-order valence-electron chi connectivity index (χ3n) is 4.16. The van der Waals surface area contributed by atoms with E-state index < -0.39 is 0 Å². The maximum absolute atomic E-state index is 4.17. The molecule has 18 heavy (non-hydrogen) atoms. The molecule has 0 spiro atoms. The number of tetrazole rings is 1. The Kier molecular flexibility index (Phi) is 3.56. The minimum Gasteiger partial charge on any atom is -0.316 e. The van der Waals surface area contributed by atoms with Crippen LogP contribution in [0.2, 0.25) is 0 Å². The quantitative estimate of drug-likeness (QED) is 0.804. The van der Waals surface area contributed by atoms with E-state index in [-0.39, 0.29) is 0 Å². The van der Waals surface area contributed by atoms with Crippen molar-refractivity contribution in [3.05, 3.63) is 5.82 Å². The van der Waals surface area contributed by atoms with Crippen molar-refractivity contribution in [3.8, 4) is 0 Å². The minimum atomic E-state index is 0.838. The molecule has 100 valence electrons. The van der Waals surface area contributed by atoms with E-state index in [0.717, 1.165) is 37.2 Å². The van der Waals surface area contributed by atoms with Crippen molar-refractivity contribution in [2.75, 3.05) is 26.2 Å². The summed E-state index contributed by atoms with van der Waals surface area (Å²) in [5.41, 5.74) is 0. The Hall–Kier alpha value is -1.01. The van der Waals surface area contributed by atoms with Gasteiger partial charge in [-0.1, -0.05) is 13.3 Å². The fourth-order valence-electron chi connectivity index (χ4n) is 3.10. The summed E-state index contributed by atoms with van der Waals surface area (Å²) < 4.78 is 1.97. The maximum atomic E-state index is 4.17. The fraction of sp³-hybridized carbons (Fsp3) is 0.917. The average Bonchev–Trinajstić information content (AvgIpc) is 3.02. The number of rotatable bonds is 5. The summed E-state index contributed by atoms with van der Waals surface area (Å²) in [5.74, 6) is 2.70. The first-order chi connectivity index (χ1) is 8.86. The molecule has 1 N–H and O–H groups in total. The molecule has 0 saturated carbocycles. The number of fused-ring (bicyclic) bond motifs is 1. The molecule has 2 saturated heterocycles. The normalized spacial score (nSPS) is 27.8. The van der Waals surface area contributed by atoms with Crippen molar-refractivity contribution in [2.45, 2.75) is 32.9 Å². The van der Waals surface area contributed by atoms with Gasteiger partial charge in [0.15, 0.2) is 5.82 Å². The van der Waals surface area contributed by atoms with Gasteiger partial charge < -0.3 is 5.32 Å². The molecule has 2 aliphatic rings. The van der Waals surface area contributed by atoms with E-state index >= 15 is 0 Å². The van der Waals surface area contributed by atoms with Gasteiger partial charge in [0.05, 0.1) is 6.54 Å². The highest BCUT2D eigenvalue weighted by Gasteiger charge is 2.36. The molecule has 0 bridgehead atoms. The van der Waals surface area contributed by atoms with Gasteiger partial charge in [-0.05, 0) is 41.8 Å². The molecule has 0 aromatic carbocycles. The lowest BCUT2D eigenvalue weighted by Gasteiger charge is -2.16. The van der Waals surface area contributed by atoms with Crippen LogP contribution in [0.4, 0.5) is 0 Å². The number of unbranched alkanes of at least 4 members (excludes halogenated alkanes) is 1. The lowest BCUT2D eigenvalue weighted by atomic mass is 10.0. The Morgan fingerprint density at radius 3 is 2.78 bits per heavy atom. The van der Waals surface area contributed by atoms with E-state index in [1.54, 1.807) is 0 Å². The number of likely N-dealkylation sites (tertiary alicyclic amines) is 1. The summed E-state index contributed by atoms with van der Waals surface area (Å²) in [7, 11) is 0. The Balaban J connectivity index is 1.58. The van der Waals surface area contributed by atoms with Crippen LogP contribution in [0.1, 0.15) is 25.6 Å². The molecule has 3 heterocycles. The lowest BCUT2D eigenvalue weighted by Crippen LogP contribution is -2.27. The average molecular weight is 250 g/mol. The second kappa shape index (κ2) is 5.32. The number of nitrogens with zero attached hydrogens (tertiary/aromatic N) is 5. The van der Waals surface area contributed by atoms with Crippen molar-refractivity contribution in [3.63, 3.8) is 0 Å². The smallest absolute Gasteiger partial charge is 0.165 e. The van der Waals surface area contributed by atoms with Crippen LogP contribution in [0.3, 0.4) is 0 Å². The molecule has 6 nitrogen and oxygen atoms in total. The fourth-order valence-corrected chi connectivity index (χ4v) is 3.10. The Bertz CT molecular complexity index is 378. The number of nitrogens with one attached hydrogen (secondary N) is 1. The molecule has 0 amide bonds. The molecule has 2 aliphatic heterocycles. The van der Waals surface area contributed by atoms with Gasteiger partial charge in [-0.2, -0.15) is 0 Å². The highest BCUT2D eigenvalue weighted by atomic mass is 15.5. The summed E-state index contributed by atoms with van der Waals surface area (Å²) in [6, 6.07) is 0. The van der Waals surface area contributed by atoms with Crippen molar-refractivity contribution in [1.82, 2.24) is 30.4 Å². The first-order valence-electron chi connectivity index (χ1n) is 7.05. The SMILES string of the molecule is CCCCn1nnnc1CN1C[C@H]2CNC[C@H]2C1. The standard InChI is InChI=1S/C12H22N6/c1-2-3-4-18-12(14-15-16-18)9-17-7-10-5-13-6-11(10)8-17/h10-11,13H,2-9H2,1H3/t10-,11+. The molecule has 2 atom stereocenters. The van der Waals surface area contributed by atoms with E-state index in [1.165, 1.54) is 32.6 Å². The highest BCUT2D eigenvalue weighted by molar-refractivity contribution is 4.93. The second-order valence-electron chi connectivity index (χ2n) is 5.54. The molecule has 0 unspecified atom stereocenters. The highest BCUT2D eigenvalue weighted by Crippen LogP contribution is 2.26. The van der Waals surface area contributed by atoms with Gasteiger partial charge in [0.1, 0.15) is 0 Å². The van der Waals surface area contributed by atoms with Gasteiger partial charge in [-0.25, -0.2) is 4.68 Å². The molecular weight excluding hydrogens is 228 g/mol. The first-order valence-corrected chi connectivity index (χ1v) is 7.05. The van der Waals surface area contributed by atoms with Crippen molar-refractivity contribution >= 4 is 0 Å². The monoisotopic (exact) mass is 250 g/mol. The third kappa shape index (κ3) is 2.40. The van der Waals surface area contributed by atoms with Crippen LogP contribution in [0, 0.1) is 11.8 Å². The summed E-state index contributed by atoms with van der Waals surface area (Å²) >= 11 is 0. The second-order valence-corrected chi connectivity index (χ2v) is 5.54. The number of hydrogen-bond donors (Lipinski definition) is 1. The van der Waals surface area contributed by atoms with Gasteiger partial charge >= 0.3 is 0 Å². The van der Waals surface area contributed by atoms with Gasteiger partial charge in [0, 0.05) is 19.6 Å². The molecule has 1 aromatic rings. The minimum absolute atomic E-state index is 0.838. The predicted molar refractivity (Wildman–Crippen MR) is 67.9 cm³/mol. The van der Waals surface area contributed by atoms with E-state index in [0.29, 0.717) is 0 Å². The van der Waals surface area contributed by atoms with Crippen LogP contribution in [-0.2, 0) is 13.1 Å². The van der Waals surface area contributed by atoms with Crippen LogP contribution >= 0.6 is 0 Å². The van der Waals surface area contributed by atoms with E-state index in [9.17, 15) is 0 Å². The number of aromatic nitrogens is 4. The molecule has 6 heteroatoms. The zero-order chi connectivity index (χ0) is 12.4. The van der Waals surface area contributed by atoms with Gasteiger partial charge in [0.2, 0.25) is 0 Å². The first kappa shape index (κ1) is 12.0. The maximum Gasteiger partial charge on any atom is 0.165 e. The third-order valence-corrected chi connectivity index (χ3v) is 4.16. The summed E-state index contributed by atoms with van der Waals surface area (Å²) in [6.07, 6.45) is 2.33. The molecule has 0 radical (unpaired) electrons. The molecular formula is C12H22N6. The van der Waals surface area contributed by atoms with Crippen LogP contribution in [0.5, 0.6) is 0 Å². The van der Waals surface area contributed by atoms with Crippen LogP contribution in [0.25, 0.3) is 0 Å². The van der Waals surface area contributed by atoms with E-state index in [2.05, 4.69) is 32.7 Å². The largest absolute Gasteiger partial charge is 0.316 e. The predicted octanol–water partition coefficient (Wildman–Crippen LogP) is 0.124. The Labute approximate surface area is 108 Å². The zero-order valence-corrected chi connectivity index (χ0v) is 11.0. The Morgan fingerprint density at radius 2 is 2.06 bits per heavy atom. The molecule has 2 fully saturated rings. The van der Waals surface area contributed by atoms with Gasteiger partial charge in [-0.3, -0.25) is 4.90 Å². The van der Waals surface area contributed by atoms with Crippen LogP contribution < -0.4 is 5.32 Å². The molecule has 1 aromatic heterocycles. The summed E-state index contributed by atoms with van der Waals surface area (Å²) in [5, 5.41) is 15.5. The topological polar surface area (TPSA) is 58.9 Å². The van der Waals surface area contributed by atoms with Crippen LogP contribution in [0.15, 0.2) is 0 Å². The van der Waals surface area contributed by atoms with Gasteiger partial charge in [0.25, 0.3) is 0 Å². The molecule has 3 rings (SSSR count). The Morgan fingerprint density at radius 1 is 1.28 bits per heavy atom. The molecule has 0 aliphatic carbocycles. The number of hydrogen-bond acceptors (Lipinski definition) is 5. The van der Waals surface area contributed by atoms with Gasteiger partial charge in [-0.15, -0.1) is 5.10 Å². The van der Waals surface area contributed by atoms with Crippen molar-refractivity contribution < 1.29 is 0 Å². The van der Waals surface area contributed by atoms with Crippen molar-refractivity contribution in [1.29, 1.82) is 0 Å².